The van der Waals surface area contributed by atoms with Crippen LogP contribution in [0.15, 0.2) is 24.3 Å². The summed E-state index contributed by atoms with van der Waals surface area (Å²) in [5, 5.41) is 14.2. The molecule has 19 heavy (non-hydrogen) atoms. The summed E-state index contributed by atoms with van der Waals surface area (Å²) in [6, 6.07) is 5.91. The van der Waals surface area contributed by atoms with Crippen molar-refractivity contribution in [1.29, 1.82) is 0 Å². The van der Waals surface area contributed by atoms with E-state index >= 15 is 0 Å². The van der Waals surface area contributed by atoms with Gasteiger partial charge in [-0.15, -0.1) is 0 Å². The molecule has 0 fully saturated rings. The molecule has 2 amide bonds. The summed E-state index contributed by atoms with van der Waals surface area (Å²) in [6.45, 7) is 5.64. The number of rotatable bonds is 5. The zero-order valence-corrected chi connectivity index (χ0v) is 11.4. The number of hydrogen-bond acceptors (Lipinski definition) is 2. The molecule has 1 aromatic carbocycles. The van der Waals surface area contributed by atoms with Gasteiger partial charge in [0.25, 0.3) is 0 Å². The number of urea groups is 1. The van der Waals surface area contributed by atoms with E-state index in [2.05, 4.69) is 10.6 Å². The third-order valence-electron chi connectivity index (χ3n) is 3.08. The fraction of sp³-hybridized carbons (Fsp3) is 0.429. The summed E-state index contributed by atoms with van der Waals surface area (Å²) >= 11 is 0. The minimum absolute atomic E-state index is 0.124. The molecule has 0 radical (unpaired) electrons. The van der Waals surface area contributed by atoms with Crippen LogP contribution in [0.25, 0.3) is 0 Å². The van der Waals surface area contributed by atoms with Crippen molar-refractivity contribution in [1.82, 2.24) is 5.32 Å². The number of benzene rings is 1. The Morgan fingerprint density at radius 1 is 1.26 bits per heavy atom. The normalized spacial score (nSPS) is 13.4. The second-order valence-corrected chi connectivity index (χ2v) is 4.67. The molecule has 0 aliphatic heterocycles. The molecule has 5 heteroatoms. The first-order valence-corrected chi connectivity index (χ1v) is 6.31. The van der Waals surface area contributed by atoms with Crippen molar-refractivity contribution in [3.05, 3.63) is 29.8 Å². The van der Waals surface area contributed by atoms with E-state index < -0.39 is 18.0 Å². The number of amides is 2. The molecule has 0 aliphatic rings. The number of anilines is 1. The Bertz CT molecular complexity index is 443. The molecule has 0 unspecified atom stereocenters. The number of carboxylic acid groups (broad SMARTS) is 1. The van der Waals surface area contributed by atoms with E-state index in [9.17, 15) is 9.59 Å². The standard InChI is InChI=1S/C14H20N2O3/c1-4-10(3)12(13(17)18)16-14(19)15-11-7-5-9(2)6-8-11/h5-8,10,12H,4H2,1-3H3,(H,17,18)(H2,15,16,19)/t10-,12+/m1/s1. The summed E-state index contributed by atoms with van der Waals surface area (Å²) in [6.07, 6.45) is 0.682. The van der Waals surface area contributed by atoms with Gasteiger partial charge in [-0.05, 0) is 25.0 Å². The fourth-order valence-corrected chi connectivity index (χ4v) is 1.63. The van der Waals surface area contributed by atoms with Crippen molar-refractivity contribution in [2.24, 2.45) is 5.92 Å². The van der Waals surface area contributed by atoms with Crippen molar-refractivity contribution in [3.8, 4) is 0 Å². The van der Waals surface area contributed by atoms with Crippen molar-refractivity contribution >= 4 is 17.7 Å². The summed E-state index contributed by atoms with van der Waals surface area (Å²) in [5.74, 6) is -1.14. The largest absolute Gasteiger partial charge is 0.480 e. The van der Waals surface area contributed by atoms with Gasteiger partial charge in [0.05, 0.1) is 0 Å². The highest BCUT2D eigenvalue weighted by atomic mass is 16.4. The quantitative estimate of drug-likeness (QED) is 0.765. The highest BCUT2D eigenvalue weighted by Gasteiger charge is 2.25. The topological polar surface area (TPSA) is 78.4 Å². The zero-order chi connectivity index (χ0) is 14.4. The Kier molecular flexibility index (Phi) is 5.36. The highest BCUT2D eigenvalue weighted by molar-refractivity contribution is 5.92. The molecule has 3 N–H and O–H groups in total. The average Bonchev–Trinajstić information content (AvgIpc) is 2.37. The molecule has 104 valence electrons. The van der Waals surface area contributed by atoms with E-state index in [-0.39, 0.29) is 5.92 Å². The van der Waals surface area contributed by atoms with Crippen LogP contribution in [0.5, 0.6) is 0 Å². The predicted octanol–water partition coefficient (Wildman–Crippen LogP) is 2.62. The summed E-state index contributed by atoms with van der Waals surface area (Å²) < 4.78 is 0. The SMILES string of the molecule is CC[C@@H](C)[C@H](NC(=O)Nc1ccc(C)cc1)C(=O)O. The Balaban J connectivity index is 2.62. The van der Waals surface area contributed by atoms with Crippen molar-refractivity contribution < 1.29 is 14.7 Å². The predicted molar refractivity (Wildman–Crippen MR) is 74.2 cm³/mol. The van der Waals surface area contributed by atoms with Gasteiger partial charge in [0.2, 0.25) is 0 Å². The number of carboxylic acids is 1. The minimum Gasteiger partial charge on any atom is -0.480 e. The van der Waals surface area contributed by atoms with E-state index in [4.69, 9.17) is 5.11 Å². The van der Waals surface area contributed by atoms with Gasteiger partial charge in [-0.2, -0.15) is 0 Å². The zero-order valence-electron chi connectivity index (χ0n) is 11.4. The number of hydrogen-bond donors (Lipinski definition) is 3. The number of aliphatic carboxylic acids is 1. The molecule has 1 rings (SSSR count). The van der Waals surface area contributed by atoms with Crippen LogP contribution in [0.1, 0.15) is 25.8 Å². The second kappa shape index (κ2) is 6.78. The fourth-order valence-electron chi connectivity index (χ4n) is 1.63. The Hall–Kier alpha value is -2.04. The second-order valence-electron chi connectivity index (χ2n) is 4.67. The first-order chi connectivity index (χ1) is 8.93. The van der Waals surface area contributed by atoms with Crippen LogP contribution < -0.4 is 10.6 Å². The van der Waals surface area contributed by atoms with E-state index in [1.54, 1.807) is 19.1 Å². The minimum atomic E-state index is -1.02. The van der Waals surface area contributed by atoms with Gasteiger partial charge in [-0.25, -0.2) is 9.59 Å². The smallest absolute Gasteiger partial charge is 0.326 e. The van der Waals surface area contributed by atoms with E-state index in [1.165, 1.54) is 0 Å². The van der Waals surface area contributed by atoms with Crippen molar-refractivity contribution in [2.75, 3.05) is 5.32 Å². The Labute approximate surface area is 113 Å². The third-order valence-corrected chi connectivity index (χ3v) is 3.08. The Morgan fingerprint density at radius 3 is 2.32 bits per heavy atom. The molecule has 0 bridgehead atoms. The molecular formula is C14H20N2O3. The third kappa shape index (κ3) is 4.62. The van der Waals surface area contributed by atoms with Gasteiger partial charge in [0.15, 0.2) is 0 Å². The lowest BCUT2D eigenvalue weighted by Gasteiger charge is -2.20. The maximum Gasteiger partial charge on any atom is 0.326 e. The molecule has 0 aromatic heterocycles. The average molecular weight is 264 g/mol. The van der Waals surface area contributed by atoms with Crippen LogP contribution >= 0.6 is 0 Å². The first kappa shape index (κ1) is 15.0. The number of aryl methyl sites for hydroxylation is 1. The first-order valence-electron chi connectivity index (χ1n) is 6.31. The molecule has 0 aliphatic carbocycles. The number of nitrogens with one attached hydrogen (secondary N) is 2. The van der Waals surface area contributed by atoms with Crippen LogP contribution in [-0.4, -0.2) is 23.1 Å². The molecule has 0 saturated heterocycles. The molecule has 5 nitrogen and oxygen atoms in total. The molecule has 0 heterocycles. The van der Waals surface area contributed by atoms with Gasteiger partial charge in [-0.1, -0.05) is 38.0 Å². The van der Waals surface area contributed by atoms with Gasteiger partial charge < -0.3 is 15.7 Å². The lowest BCUT2D eigenvalue weighted by Crippen LogP contribution is -2.46. The number of carbonyl (C=O) groups is 2. The van der Waals surface area contributed by atoms with Crippen molar-refractivity contribution in [3.63, 3.8) is 0 Å². The van der Waals surface area contributed by atoms with Crippen LogP contribution in [0.4, 0.5) is 10.5 Å². The van der Waals surface area contributed by atoms with Crippen molar-refractivity contribution in [2.45, 2.75) is 33.2 Å². The summed E-state index contributed by atoms with van der Waals surface area (Å²) in [5.41, 5.74) is 1.73. The lowest BCUT2D eigenvalue weighted by molar-refractivity contribution is -0.140. The van der Waals surface area contributed by atoms with Crippen LogP contribution in [0.3, 0.4) is 0 Å². The lowest BCUT2D eigenvalue weighted by atomic mass is 9.99. The maximum absolute atomic E-state index is 11.7. The molecular weight excluding hydrogens is 244 g/mol. The Morgan fingerprint density at radius 2 is 1.84 bits per heavy atom. The van der Waals surface area contributed by atoms with E-state index in [1.807, 2.05) is 26.0 Å². The maximum atomic E-state index is 11.7. The van der Waals surface area contributed by atoms with E-state index in [0.717, 1.165) is 5.56 Å². The highest BCUT2D eigenvalue weighted by Crippen LogP contribution is 2.10. The van der Waals surface area contributed by atoms with Crippen LogP contribution in [0.2, 0.25) is 0 Å². The summed E-state index contributed by atoms with van der Waals surface area (Å²) in [7, 11) is 0. The van der Waals surface area contributed by atoms with E-state index in [0.29, 0.717) is 12.1 Å². The molecule has 1 aromatic rings. The van der Waals surface area contributed by atoms with Gasteiger partial charge >= 0.3 is 12.0 Å². The summed E-state index contributed by atoms with van der Waals surface area (Å²) in [4.78, 5) is 22.8. The molecule has 0 spiro atoms. The number of carbonyl (C=O) groups excluding carboxylic acids is 1. The van der Waals surface area contributed by atoms with Gasteiger partial charge in [0.1, 0.15) is 6.04 Å². The van der Waals surface area contributed by atoms with Crippen LogP contribution in [0, 0.1) is 12.8 Å². The molecule has 0 saturated carbocycles. The van der Waals surface area contributed by atoms with Crippen LogP contribution in [-0.2, 0) is 4.79 Å². The molecule has 2 atom stereocenters. The van der Waals surface area contributed by atoms with Gasteiger partial charge in [-0.3, -0.25) is 0 Å². The van der Waals surface area contributed by atoms with Gasteiger partial charge in [0, 0.05) is 5.69 Å². The monoisotopic (exact) mass is 264 g/mol.